The van der Waals surface area contributed by atoms with Gasteiger partial charge in [0.25, 0.3) is 0 Å². The summed E-state index contributed by atoms with van der Waals surface area (Å²) in [6, 6.07) is 3.94. The predicted octanol–water partition coefficient (Wildman–Crippen LogP) is 2.82. The number of aromatic amines is 1. The Morgan fingerprint density at radius 3 is 2.45 bits per heavy atom. The van der Waals surface area contributed by atoms with Crippen molar-refractivity contribution in [2.75, 3.05) is 0 Å². The lowest BCUT2D eigenvalue weighted by molar-refractivity contribution is 1.08. The molecule has 4 rings (SSSR count). The van der Waals surface area contributed by atoms with E-state index in [2.05, 4.69) is 25.1 Å². The lowest BCUT2D eigenvalue weighted by Crippen LogP contribution is -1.91. The van der Waals surface area contributed by atoms with Gasteiger partial charge in [0.05, 0.1) is 23.8 Å². The molecular weight excluding hydrogens is 276 g/mol. The summed E-state index contributed by atoms with van der Waals surface area (Å²) >= 11 is 0. The monoisotopic (exact) mass is 292 g/mol. The van der Waals surface area contributed by atoms with E-state index in [9.17, 15) is 0 Å². The molecule has 0 saturated carbocycles. The number of imidazole rings is 1. The van der Waals surface area contributed by atoms with Crippen LogP contribution in [-0.2, 0) is 0 Å². The van der Waals surface area contributed by atoms with E-state index in [4.69, 9.17) is 0 Å². The minimum atomic E-state index is 0.883. The van der Waals surface area contributed by atoms with Crippen molar-refractivity contribution < 1.29 is 0 Å². The molecule has 0 bridgehead atoms. The molecule has 0 aliphatic carbocycles. The Morgan fingerprint density at radius 1 is 1.00 bits per heavy atom. The van der Waals surface area contributed by atoms with Gasteiger partial charge in [-0.1, -0.05) is 0 Å². The molecule has 0 atom stereocenters. The largest absolute Gasteiger partial charge is 0.297 e. The number of pyridine rings is 1. The van der Waals surface area contributed by atoms with E-state index in [0.717, 1.165) is 22.6 Å². The summed E-state index contributed by atoms with van der Waals surface area (Å²) < 4.78 is 2.01. The maximum atomic E-state index is 4.33. The maximum absolute atomic E-state index is 4.33. The normalized spacial score (nSPS) is 10.3. The highest BCUT2D eigenvalue weighted by molar-refractivity contribution is 5.62. The van der Waals surface area contributed by atoms with E-state index >= 15 is 0 Å². The smallest absolute Gasteiger partial charge is 0.158 e. The first kappa shape index (κ1) is 13.9. The minimum Gasteiger partial charge on any atom is -0.297 e. The van der Waals surface area contributed by atoms with Crippen molar-refractivity contribution in [2.45, 2.75) is 13.8 Å². The lowest BCUT2D eigenvalue weighted by atomic mass is 10.3. The Bertz CT molecular complexity index is 849. The first-order chi connectivity index (χ1) is 10.8. The second-order valence-corrected chi connectivity index (χ2v) is 4.86. The molecule has 0 aromatic carbocycles. The number of aryl methyl sites for hydroxylation is 2. The van der Waals surface area contributed by atoms with Crippen LogP contribution in [-0.4, -0.2) is 29.5 Å². The average molecular weight is 292 g/mol. The van der Waals surface area contributed by atoms with Crippen LogP contribution < -0.4 is 0 Å². The van der Waals surface area contributed by atoms with Gasteiger partial charge in [-0.3, -0.25) is 19.5 Å². The standard InChI is InChI=1S/C10H9N5.C6H7N/c1-7-10-12-6-9(8-4-13-14-5-8)15(10)3-2-11-7;1-6-2-4-7-5-3-6/h2-6H,1H3,(H,13,14);2-5H,1H3. The predicted molar refractivity (Wildman–Crippen MR) is 84.3 cm³/mol. The summed E-state index contributed by atoms with van der Waals surface area (Å²) in [7, 11) is 0. The maximum Gasteiger partial charge on any atom is 0.158 e. The van der Waals surface area contributed by atoms with E-state index in [1.807, 2.05) is 49.0 Å². The van der Waals surface area contributed by atoms with E-state index in [1.54, 1.807) is 24.8 Å². The number of aromatic nitrogens is 6. The first-order valence-electron chi connectivity index (χ1n) is 6.90. The van der Waals surface area contributed by atoms with Crippen LogP contribution in [0.4, 0.5) is 0 Å². The molecule has 0 unspecified atom stereocenters. The van der Waals surface area contributed by atoms with Crippen LogP contribution in [0.2, 0.25) is 0 Å². The number of nitrogens with one attached hydrogen (secondary N) is 1. The zero-order valence-electron chi connectivity index (χ0n) is 12.4. The van der Waals surface area contributed by atoms with Gasteiger partial charge in [-0.2, -0.15) is 5.10 Å². The molecule has 0 amide bonds. The van der Waals surface area contributed by atoms with Gasteiger partial charge in [0.15, 0.2) is 5.65 Å². The van der Waals surface area contributed by atoms with Crippen LogP contribution in [0.3, 0.4) is 0 Å². The summed E-state index contributed by atoms with van der Waals surface area (Å²) in [5, 5.41) is 6.72. The molecule has 22 heavy (non-hydrogen) atoms. The van der Waals surface area contributed by atoms with Gasteiger partial charge in [-0.05, 0) is 31.5 Å². The molecule has 0 saturated heterocycles. The Labute approximate surface area is 127 Å². The second-order valence-electron chi connectivity index (χ2n) is 4.86. The quantitative estimate of drug-likeness (QED) is 0.585. The van der Waals surface area contributed by atoms with Crippen molar-refractivity contribution in [1.29, 1.82) is 0 Å². The Balaban J connectivity index is 0.000000174. The van der Waals surface area contributed by atoms with Crippen molar-refractivity contribution in [2.24, 2.45) is 0 Å². The van der Waals surface area contributed by atoms with E-state index in [1.165, 1.54) is 5.56 Å². The number of hydrogen-bond acceptors (Lipinski definition) is 4. The van der Waals surface area contributed by atoms with Crippen molar-refractivity contribution in [3.05, 3.63) is 66.8 Å². The highest BCUT2D eigenvalue weighted by Crippen LogP contribution is 2.19. The van der Waals surface area contributed by atoms with E-state index in [-0.39, 0.29) is 0 Å². The van der Waals surface area contributed by atoms with Crippen LogP contribution in [0.5, 0.6) is 0 Å². The summed E-state index contributed by atoms with van der Waals surface area (Å²) in [6.07, 6.45) is 12.7. The Morgan fingerprint density at radius 2 is 1.82 bits per heavy atom. The third-order valence-electron chi connectivity index (χ3n) is 3.25. The van der Waals surface area contributed by atoms with Gasteiger partial charge in [0.1, 0.15) is 0 Å². The zero-order valence-corrected chi connectivity index (χ0v) is 12.4. The lowest BCUT2D eigenvalue weighted by Gasteiger charge is -1.99. The molecule has 0 fully saturated rings. The van der Waals surface area contributed by atoms with E-state index in [0.29, 0.717) is 0 Å². The van der Waals surface area contributed by atoms with Crippen LogP contribution in [0.1, 0.15) is 11.3 Å². The summed E-state index contributed by atoms with van der Waals surface area (Å²) in [5.74, 6) is 0. The van der Waals surface area contributed by atoms with Crippen molar-refractivity contribution in [3.8, 4) is 11.3 Å². The van der Waals surface area contributed by atoms with Gasteiger partial charge >= 0.3 is 0 Å². The number of H-pyrrole nitrogens is 1. The van der Waals surface area contributed by atoms with Gasteiger partial charge in [0.2, 0.25) is 0 Å². The summed E-state index contributed by atoms with van der Waals surface area (Å²) in [6.45, 7) is 3.99. The molecule has 0 aliphatic rings. The molecule has 6 heteroatoms. The molecule has 0 radical (unpaired) electrons. The average Bonchev–Trinajstić information content (AvgIpc) is 3.18. The molecule has 6 nitrogen and oxygen atoms in total. The minimum absolute atomic E-state index is 0.883. The fraction of sp³-hybridized carbons (Fsp3) is 0.125. The number of rotatable bonds is 1. The topological polar surface area (TPSA) is 71.8 Å². The summed E-state index contributed by atoms with van der Waals surface area (Å²) in [4.78, 5) is 12.4. The fourth-order valence-corrected chi connectivity index (χ4v) is 2.08. The SMILES string of the molecule is Cc1ccncc1.Cc1nccn2c(-c3cn[nH]c3)cnc12. The number of fused-ring (bicyclic) bond motifs is 1. The van der Waals surface area contributed by atoms with Gasteiger partial charge in [-0.15, -0.1) is 0 Å². The summed E-state index contributed by atoms with van der Waals surface area (Å²) in [5.41, 5.74) is 5.10. The van der Waals surface area contributed by atoms with Gasteiger partial charge in [0, 0.05) is 36.5 Å². The molecule has 4 heterocycles. The second kappa shape index (κ2) is 6.17. The first-order valence-corrected chi connectivity index (χ1v) is 6.90. The van der Waals surface area contributed by atoms with Crippen molar-refractivity contribution >= 4 is 5.65 Å². The molecule has 4 aromatic rings. The molecule has 110 valence electrons. The van der Waals surface area contributed by atoms with Crippen LogP contribution in [0.15, 0.2) is 55.5 Å². The highest BCUT2D eigenvalue weighted by Gasteiger charge is 2.07. The van der Waals surface area contributed by atoms with Crippen molar-refractivity contribution in [3.63, 3.8) is 0 Å². The van der Waals surface area contributed by atoms with Gasteiger partial charge < -0.3 is 0 Å². The Kier molecular flexibility index (Phi) is 3.91. The molecular formula is C16H16N6. The van der Waals surface area contributed by atoms with E-state index < -0.39 is 0 Å². The number of nitrogens with zero attached hydrogens (tertiary/aromatic N) is 5. The third-order valence-corrected chi connectivity index (χ3v) is 3.25. The third kappa shape index (κ3) is 2.85. The molecule has 4 aromatic heterocycles. The van der Waals surface area contributed by atoms with Crippen LogP contribution in [0, 0.1) is 13.8 Å². The van der Waals surface area contributed by atoms with Crippen LogP contribution in [0.25, 0.3) is 16.9 Å². The molecule has 0 spiro atoms. The Hall–Kier alpha value is -3.02. The highest BCUT2D eigenvalue weighted by atomic mass is 15.1. The van der Waals surface area contributed by atoms with Gasteiger partial charge in [-0.25, -0.2) is 4.98 Å². The molecule has 0 aliphatic heterocycles. The molecule has 1 N–H and O–H groups in total. The number of hydrogen-bond donors (Lipinski definition) is 1. The zero-order chi connectivity index (χ0) is 15.4. The fourth-order valence-electron chi connectivity index (χ4n) is 2.08. The van der Waals surface area contributed by atoms with Crippen LogP contribution >= 0.6 is 0 Å². The van der Waals surface area contributed by atoms with Crippen molar-refractivity contribution in [1.82, 2.24) is 29.5 Å².